The lowest BCUT2D eigenvalue weighted by Crippen LogP contribution is -3.13. The number of thiophene rings is 1. The van der Waals surface area contributed by atoms with E-state index in [1.54, 1.807) is 23.5 Å². The molecule has 4 rings (SSSR count). The Bertz CT molecular complexity index is 868. The Morgan fingerprint density at radius 1 is 1.23 bits per heavy atom. The predicted octanol–water partition coefficient (Wildman–Crippen LogP) is 2.22. The van der Waals surface area contributed by atoms with E-state index in [0.29, 0.717) is 0 Å². The summed E-state index contributed by atoms with van der Waals surface area (Å²) < 4.78 is 5.45. The van der Waals surface area contributed by atoms with Crippen LogP contribution in [0.5, 0.6) is 0 Å². The van der Waals surface area contributed by atoms with Crippen LogP contribution in [0.1, 0.15) is 5.69 Å². The highest BCUT2D eigenvalue weighted by molar-refractivity contribution is 7.13. The molecule has 1 fully saturated rings. The fourth-order valence-corrected chi connectivity index (χ4v) is 3.90. The number of hydrogen-bond donors (Lipinski definition) is 1. The van der Waals surface area contributed by atoms with Crippen LogP contribution in [0, 0.1) is 10.1 Å². The molecule has 7 nitrogen and oxygen atoms in total. The van der Waals surface area contributed by atoms with Crippen LogP contribution in [0.4, 0.5) is 11.4 Å². The van der Waals surface area contributed by atoms with Crippen molar-refractivity contribution in [1.82, 2.24) is 5.16 Å². The zero-order valence-corrected chi connectivity index (χ0v) is 14.9. The van der Waals surface area contributed by atoms with Crippen molar-refractivity contribution in [3.63, 3.8) is 0 Å². The van der Waals surface area contributed by atoms with Crippen molar-refractivity contribution < 1.29 is 14.3 Å². The summed E-state index contributed by atoms with van der Waals surface area (Å²) in [6.07, 6.45) is 0. The smallest absolute Gasteiger partial charge is 0.269 e. The molecule has 8 heteroatoms. The Labute approximate surface area is 154 Å². The first-order valence-electron chi connectivity index (χ1n) is 8.51. The lowest BCUT2D eigenvalue weighted by molar-refractivity contribution is -0.914. The van der Waals surface area contributed by atoms with Crippen LogP contribution >= 0.6 is 11.3 Å². The molecule has 1 aliphatic heterocycles. The van der Waals surface area contributed by atoms with E-state index in [0.717, 1.165) is 54.7 Å². The second-order valence-electron chi connectivity index (χ2n) is 6.35. The largest absolute Gasteiger partial charge is 0.360 e. The second-order valence-corrected chi connectivity index (χ2v) is 7.29. The number of hydrogen-bond acceptors (Lipinski definition) is 6. The van der Waals surface area contributed by atoms with Gasteiger partial charge in [0.2, 0.25) is 0 Å². The van der Waals surface area contributed by atoms with Gasteiger partial charge in [-0.1, -0.05) is 11.2 Å². The summed E-state index contributed by atoms with van der Waals surface area (Å²) in [5.74, 6) is 0.832. The minimum Gasteiger partial charge on any atom is -0.360 e. The van der Waals surface area contributed by atoms with Crippen molar-refractivity contribution in [1.29, 1.82) is 0 Å². The minimum absolute atomic E-state index is 0.130. The Morgan fingerprint density at radius 2 is 2.00 bits per heavy atom. The van der Waals surface area contributed by atoms with Gasteiger partial charge in [0.05, 0.1) is 36.0 Å². The second kappa shape index (κ2) is 7.27. The summed E-state index contributed by atoms with van der Waals surface area (Å²) in [6.45, 7) is 4.69. The lowest BCUT2D eigenvalue weighted by atomic mass is 10.2. The van der Waals surface area contributed by atoms with Crippen molar-refractivity contribution in [3.8, 4) is 10.6 Å². The van der Waals surface area contributed by atoms with Gasteiger partial charge in [0.1, 0.15) is 12.2 Å². The van der Waals surface area contributed by atoms with Gasteiger partial charge in [-0.05, 0) is 23.6 Å². The first-order chi connectivity index (χ1) is 12.7. The van der Waals surface area contributed by atoms with E-state index in [-0.39, 0.29) is 10.6 Å². The Balaban J connectivity index is 1.33. The molecule has 134 valence electrons. The van der Waals surface area contributed by atoms with Crippen LogP contribution in [0.25, 0.3) is 10.6 Å². The highest BCUT2D eigenvalue weighted by Gasteiger charge is 2.22. The molecule has 1 N–H and O–H groups in total. The average Bonchev–Trinajstić information content (AvgIpc) is 3.34. The Kier molecular flexibility index (Phi) is 4.68. The molecule has 0 radical (unpaired) electrons. The number of aromatic nitrogens is 1. The molecular weight excluding hydrogens is 352 g/mol. The summed E-state index contributed by atoms with van der Waals surface area (Å²) >= 11 is 1.65. The zero-order valence-electron chi connectivity index (χ0n) is 14.1. The van der Waals surface area contributed by atoms with Crippen molar-refractivity contribution in [3.05, 3.63) is 63.7 Å². The van der Waals surface area contributed by atoms with Gasteiger partial charge in [-0.3, -0.25) is 10.1 Å². The molecule has 2 aromatic heterocycles. The highest BCUT2D eigenvalue weighted by Crippen LogP contribution is 2.25. The third-order valence-corrected chi connectivity index (χ3v) is 5.53. The Morgan fingerprint density at radius 3 is 2.65 bits per heavy atom. The van der Waals surface area contributed by atoms with E-state index >= 15 is 0 Å². The topological polar surface area (TPSA) is 76.8 Å². The Hall–Kier alpha value is -2.71. The standard InChI is InChI=1S/C18H18N4O3S/c23-22(24)16-5-3-15(4-6-16)21-9-7-20(8-10-21)13-14-12-17(25-19-14)18-2-1-11-26-18/h1-6,11-12H,7-10,13H2/p+1. The summed E-state index contributed by atoms with van der Waals surface area (Å²) in [4.78, 5) is 15.2. The number of anilines is 1. The molecule has 0 bridgehead atoms. The third kappa shape index (κ3) is 3.61. The van der Waals surface area contributed by atoms with E-state index in [9.17, 15) is 10.1 Å². The number of quaternary nitrogens is 1. The summed E-state index contributed by atoms with van der Waals surface area (Å²) in [5, 5.41) is 17.0. The number of piperazine rings is 1. The maximum absolute atomic E-state index is 10.8. The molecular formula is C18H19N4O3S+. The van der Waals surface area contributed by atoms with Crippen molar-refractivity contribution >= 4 is 22.7 Å². The molecule has 0 aliphatic carbocycles. The van der Waals surface area contributed by atoms with Gasteiger partial charge < -0.3 is 14.3 Å². The summed E-state index contributed by atoms with van der Waals surface area (Å²) in [6, 6.07) is 12.9. The molecule has 0 spiro atoms. The molecule has 0 unspecified atom stereocenters. The van der Waals surface area contributed by atoms with Crippen LogP contribution in [0.2, 0.25) is 0 Å². The van der Waals surface area contributed by atoms with E-state index in [4.69, 9.17) is 4.52 Å². The van der Waals surface area contributed by atoms with Gasteiger partial charge in [-0.2, -0.15) is 0 Å². The van der Waals surface area contributed by atoms with Gasteiger partial charge in [-0.25, -0.2) is 0 Å². The number of non-ortho nitro benzene ring substituents is 1. The minimum atomic E-state index is -0.367. The maximum Gasteiger partial charge on any atom is 0.269 e. The molecule has 1 aromatic carbocycles. The van der Waals surface area contributed by atoms with Crippen LogP contribution in [-0.4, -0.2) is 36.3 Å². The molecule has 0 saturated carbocycles. The molecule has 1 aliphatic rings. The number of nitro groups is 1. The van der Waals surface area contributed by atoms with Gasteiger partial charge in [-0.15, -0.1) is 11.3 Å². The molecule has 1 saturated heterocycles. The maximum atomic E-state index is 10.8. The van der Waals surface area contributed by atoms with Crippen LogP contribution in [0.3, 0.4) is 0 Å². The highest BCUT2D eigenvalue weighted by atomic mass is 32.1. The summed E-state index contributed by atoms with van der Waals surface area (Å²) in [7, 11) is 0. The number of nitrogens with one attached hydrogen (secondary N) is 1. The van der Waals surface area contributed by atoms with E-state index < -0.39 is 0 Å². The fraction of sp³-hybridized carbons (Fsp3) is 0.278. The number of nitrogens with zero attached hydrogens (tertiary/aromatic N) is 3. The predicted molar refractivity (Wildman–Crippen MR) is 99.5 cm³/mol. The van der Waals surface area contributed by atoms with Crippen molar-refractivity contribution in [2.45, 2.75) is 6.54 Å². The zero-order chi connectivity index (χ0) is 17.9. The van der Waals surface area contributed by atoms with Crippen LogP contribution in [-0.2, 0) is 6.54 Å². The molecule has 0 amide bonds. The number of benzene rings is 1. The number of nitro benzene ring substituents is 1. The van der Waals surface area contributed by atoms with Crippen LogP contribution in [0.15, 0.2) is 52.4 Å². The monoisotopic (exact) mass is 371 g/mol. The van der Waals surface area contributed by atoms with Gasteiger partial charge >= 0.3 is 0 Å². The SMILES string of the molecule is O=[N+]([O-])c1ccc(N2CC[NH+](Cc3cc(-c4cccs4)on3)CC2)cc1. The first kappa shape index (κ1) is 16.7. The molecule has 26 heavy (non-hydrogen) atoms. The third-order valence-electron chi connectivity index (χ3n) is 4.65. The van der Waals surface area contributed by atoms with Crippen molar-refractivity contribution in [2.75, 3.05) is 31.1 Å². The van der Waals surface area contributed by atoms with Gasteiger partial charge in [0, 0.05) is 23.9 Å². The van der Waals surface area contributed by atoms with Gasteiger partial charge in [0.25, 0.3) is 5.69 Å². The number of rotatable bonds is 5. The summed E-state index contributed by atoms with van der Waals surface area (Å²) in [5.41, 5.74) is 2.15. The molecule has 3 aromatic rings. The van der Waals surface area contributed by atoms with E-state index in [1.807, 2.05) is 35.7 Å². The molecule has 3 heterocycles. The average molecular weight is 371 g/mol. The van der Waals surface area contributed by atoms with E-state index in [1.165, 1.54) is 4.90 Å². The first-order valence-corrected chi connectivity index (χ1v) is 9.39. The van der Waals surface area contributed by atoms with Gasteiger partial charge in [0.15, 0.2) is 5.76 Å². The molecule has 0 atom stereocenters. The van der Waals surface area contributed by atoms with E-state index in [2.05, 4.69) is 10.1 Å². The quantitative estimate of drug-likeness (QED) is 0.550. The van der Waals surface area contributed by atoms with Crippen molar-refractivity contribution in [2.24, 2.45) is 0 Å². The lowest BCUT2D eigenvalue weighted by Gasteiger charge is -2.33. The normalized spacial score (nSPS) is 15.3. The fourth-order valence-electron chi connectivity index (χ4n) is 3.23. The van der Waals surface area contributed by atoms with Crippen LogP contribution < -0.4 is 9.80 Å².